The lowest BCUT2D eigenvalue weighted by molar-refractivity contribution is 0.345. The van der Waals surface area contributed by atoms with Crippen molar-refractivity contribution in [1.82, 2.24) is 5.32 Å². The van der Waals surface area contributed by atoms with Crippen molar-refractivity contribution in [2.45, 2.75) is 44.6 Å². The minimum absolute atomic E-state index is 0.508. The van der Waals surface area contributed by atoms with E-state index in [1.165, 1.54) is 32.2 Å². The van der Waals surface area contributed by atoms with Crippen molar-refractivity contribution in [2.75, 3.05) is 18.1 Å². The van der Waals surface area contributed by atoms with Gasteiger partial charge in [0.05, 0.1) is 0 Å². The van der Waals surface area contributed by atoms with Crippen LogP contribution in [0.2, 0.25) is 0 Å². The molecule has 3 fully saturated rings. The Labute approximate surface area is 101 Å². The molecule has 1 N–H and O–H groups in total. The maximum Gasteiger partial charge on any atom is 0.0249 e. The summed E-state index contributed by atoms with van der Waals surface area (Å²) in [6, 6.07) is 0.665. The van der Waals surface area contributed by atoms with Gasteiger partial charge in [-0.05, 0) is 62.8 Å². The van der Waals surface area contributed by atoms with Crippen molar-refractivity contribution in [3.8, 4) is 0 Å². The highest BCUT2D eigenvalue weighted by molar-refractivity contribution is 7.85. The topological polar surface area (TPSA) is 29.1 Å². The average molecular weight is 241 g/mol. The third kappa shape index (κ3) is 2.86. The maximum atomic E-state index is 11.3. The summed E-state index contributed by atoms with van der Waals surface area (Å²) < 4.78 is 11.3. The molecule has 1 aliphatic heterocycles. The molecule has 1 heterocycles. The lowest BCUT2D eigenvalue weighted by Crippen LogP contribution is -2.39. The van der Waals surface area contributed by atoms with E-state index in [1.54, 1.807) is 0 Å². The van der Waals surface area contributed by atoms with Crippen molar-refractivity contribution in [2.24, 2.45) is 17.8 Å². The van der Waals surface area contributed by atoms with Crippen LogP contribution in [-0.2, 0) is 10.8 Å². The monoisotopic (exact) mass is 241 g/mol. The minimum atomic E-state index is -0.508. The van der Waals surface area contributed by atoms with Crippen LogP contribution in [0.1, 0.15) is 38.5 Å². The van der Waals surface area contributed by atoms with Gasteiger partial charge in [0.25, 0.3) is 0 Å². The molecule has 0 aromatic rings. The summed E-state index contributed by atoms with van der Waals surface area (Å²) >= 11 is 0. The van der Waals surface area contributed by atoms with Gasteiger partial charge in [-0.2, -0.15) is 0 Å². The van der Waals surface area contributed by atoms with Crippen LogP contribution < -0.4 is 5.32 Å². The van der Waals surface area contributed by atoms with E-state index in [4.69, 9.17) is 0 Å². The first-order valence-corrected chi connectivity index (χ1v) is 8.40. The lowest BCUT2D eigenvalue weighted by atomic mass is 9.97. The number of hydrogen-bond donors (Lipinski definition) is 1. The smallest absolute Gasteiger partial charge is 0.0249 e. The van der Waals surface area contributed by atoms with Gasteiger partial charge in [0, 0.05) is 28.3 Å². The minimum Gasteiger partial charge on any atom is -0.314 e. The van der Waals surface area contributed by atoms with Crippen LogP contribution in [-0.4, -0.2) is 28.3 Å². The second-order valence-electron chi connectivity index (χ2n) is 5.87. The van der Waals surface area contributed by atoms with Gasteiger partial charge in [-0.25, -0.2) is 0 Å². The molecule has 3 heteroatoms. The molecular formula is C13H23NOS. The molecule has 0 amide bonds. The highest BCUT2D eigenvalue weighted by Crippen LogP contribution is 2.48. The van der Waals surface area contributed by atoms with E-state index in [1.807, 2.05) is 0 Å². The van der Waals surface area contributed by atoms with Crippen LogP contribution in [0.25, 0.3) is 0 Å². The van der Waals surface area contributed by atoms with Gasteiger partial charge in [0.1, 0.15) is 0 Å². The normalized spacial score (nSPS) is 35.6. The van der Waals surface area contributed by atoms with Crippen molar-refractivity contribution in [3.63, 3.8) is 0 Å². The van der Waals surface area contributed by atoms with E-state index in [-0.39, 0.29) is 0 Å². The van der Waals surface area contributed by atoms with Crippen LogP contribution in [0.15, 0.2) is 0 Å². The summed E-state index contributed by atoms with van der Waals surface area (Å²) in [4.78, 5) is 0. The van der Waals surface area contributed by atoms with Crippen LogP contribution in [0.5, 0.6) is 0 Å². The molecule has 1 saturated heterocycles. The number of nitrogens with one attached hydrogen (secondary N) is 1. The summed E-state index contributed by atoms with van der Waals surface area (Å²) in [5.41, 5.74) is 0. The van der Waals surface area contributed by atoms with E-state index in [0.717, 1.165) is 42.1 Å². The molecule has 0 spiro atoms. The number of hydrogen-bond acceptors (Lipinski definition) is 2. The summed E-state index contributed by atoms with van der Waals surface area (Å²) in [6.45, 7) is 1.24. The Bertz CT molecular complexity index is 251. The molecule has 3 rings (SSSR count). The second-order valence-corrected chi connectivity index (χ2v) is 7.57. The standard InChI is InChI=1S/C13H23NOS/c15-16-7-5-12(6-8-16)14-9-13(10-1-2-10)11-3-4-11/h10-14H,1-9H2. The van der Waals surface area contributed by atoms with Crippen molar-refractivity contribution in [1.29, 1.82) is 0 Å². The predicted molar refractivity (Wildman–Crippen MR) is 67.8 cm³/mol. The van der Waals surface area contributed by atoms with Gasteiger partial charge in [-0.15, -0.1) is 0 Å². The molecule has 0 atom stereocenters. The second kappa shape index (κ2) is 4.77. The zero-order chi connectivity index (χ0) is 11.0. The molecule has 0 unspecified atom stereocenters. The zero-order valence-corrected chi connectivity index (χ0v) is 10.8. The van der Waals surface area contributed by atoms with E-state index in [2.05, 4.69) is 5.32 Å². The van der Waals surface area contributed by atoms with Crippen LogP contribution in [0, 0.1) is 17.8 Å². The average Bonchev–Trinajstić information content (AvgIpc) is 3.15. The first kappa shape index (κ1) is 11.2. The number of rotatable bonds is 5. The van der Waals surface area contributed by atoms with Crippen LogP contribution in [0.4, 0.5) is 0 Å². The van der Waals surface area contributed by atoms with Crippen molar-refractivity contribution >= 4 is 10.8 Å². The SMILES string of the molecule is O=S1CCC(NCC(C2CC2)C2CC2)CC1. The largest absolute Gasteiger partial charge is 0.314 e. The highest BCUT2D eigenvalue weighted by Gasteiger charge is 2.41. The Morgan fingerprint density at radius 3 is 2.06 bits per heavy atom. The fourth-order valence-electron chi connectivity index (χ4n) is 3.07. The Balaban J connectivity index is 1.42. The zero-order valence-electron chi connectivity index (χ0n) is 9.99. The molecule has 3 aliphatic rings. The Morgan fingerprint density at radius 2 is 1.56 bits per heavy atom. The van der Waals surface area contributed by atoms with Crippen LogP contribution >= 0.6 is 0 Å². The summed E-state index contributed by atoms with van der Waals surface area (Å²) in [5.74, 6) is 4.94. The van der Waals surface area contributed by atoms with E-state index in [0.29, 0.717) is 6.04 Å². The summed E-state index contributed by atoms with van der Waals surface area (Å²) in [5, 5.41) is 3.75. The molecule has 16 heavy (non-hydrogen) atoms. The molecule has 0 aromatic carbocycles. The van der Waals surface area contributed by atoms with E-state index in [9.17, 15) is 4.21 Å². The highest BCUT2D eigenvalue weighted by atomic mass is 32.2. The van der Waals surface area contributed by atoms with Gasteiger partial charge in [-0.3, -0.25) is 4.21 Å². The first-order valence-electron chi connectivity index (χ1n) is 6.91. The summed E-state index contributed by atoms with van der Waals surface area (Å²) in [6.07, 6.45) is 8.20. The molecule has 2 saturated carbocycles. The van der Waals surface area contributed by atoms with Gasteiger partial charge >= 0.3 is 0 Å². The molecule has 92 valence electrons. The van der Waals surface area contributed by atoms with Crippen LogP contribution in [0.3, 0.4) is 0 Å². The fourth-order valence-corrected chi connectivity index (χ4v) is 4.37. The first-order chi connectivity index (χ1) is 7.83. The molecule has 0 radical (unpaired) electrons. The molecule has 0 aromatic heterocycles. The third-order valence-corrected chi connectivity index (χ3v) is 5.87. The van der Waals surface area contributed by atoms with Gasteiger partial charge in [-0.1, -0.05) is 0 Å². The van der Waals surface area contributed by atoms with Gasteiger partial charge in [0.15, 0.2) is 0 Å². The lowest BCUT2D eigenvalue weighted by Gasteiger charge is -2.25. The van der Waals surface area contributed by atoms with Gasteiger partial charge in [0.2, 0.25) is 0 Å². The third-order valence-electron chi connectivity index (χ3n) is 4.49. The van der Waals surface area contributed by atoms with Crippen molar-refractivity contribution < 1.29 is 4.21 Å². The quantitative estimate of drug-likeness (QED) is 0.797. The van der Waals surface area contributed by atoms with E-state index < -0.39 is 10.8 Å². The molecule has 2 aliphatic carbocycles. The van der Waals surface area contributed by atoms with Crippen molar-refractivity contribution in [3.05, 3.63) is 0 Å². The Kier molecular flexibility index (Phi) is 3.34. The molecule has 2 nitrogen and oxygen atoms in total. The molecular weight excluding hydrogens is 218 g/mol. The van der Waals surface area contributed by atoms with Gasteiger partial charge < -0.3 is 5.32 Å². The maximum absolute atomic E-state index is 11.3. The fraction of sp³-hybridized carbons (Fsp3) is 1.00. The Morgan fingerprint density at radius 1 is 1.00 bits per heavy atom. The van der Waals surface area contributed by atoms with E-state index >= 15 is 0 Å². The summed E-state index contributed by atoms with van der Waals surface area (Å²) in [7, 11) is -0.508. The predicted octanol–water partition coefficient (Wildman–Crippen LogP) is 1.92. The molecule has 0 bridgehead atoms. The Hall–Kier alpha value is 0.110.